The van der Waals surface area contributed by atoms with Gasteiger partial charge >= 0.3 is 0 Å². The summed E-state index contributed by atoms with van der Waals surface area (Å²) in [4.78, 5) is 5.72. The van der Waals surface area contributed by atoms with Crippen LogP contribution in [0.1, 0.15) is 37.9 Å². The van der Waals surface area contributed by atoms with E-state index >= 15 is 0 Å². The van der Waals surface area contributed by atoms with Crippen molar-refractivity contribution in [3.63, 3.8) is 0 Å². The largest absolute Gasteiger partial charge is 0.364 e. The molecule has 2 heterocycles. The van der Waals surface area contributed by atoms with Crippen LogP contribution >= 0.6 is 0 Å². The molecular formula is C13H23N3. The number of hydrogen-bond donors (Lipinski definition) is 2. The van der Waals surface area contributed by atoms with Crippen molar-refractivity contribution in [2.24, 2.45) is 0 Å². The Labute approximate surface area is 98.2 Å². The van der Waals surface area contributed by atoms with Gasteiger partial charge in [-0.25, -0.2) is 0 Å². The minimum atomic E-state index is 0.471. The Hall–Kier alpha value is -0.800. The molecule has 0 amide bonds. The quantitative estimate of drug-likeness (QED) is 0.816. The minimum Gasteiger partial charge on any atom is -0.364 e. The molecule has 2 atom stereocenters. The first-order valence-corrected chi connectivity index (χ1v) is 6.34. The molecule has 1 aromatic rings. The second-order valence-corrected chi connectivity index (χ2v) is 4.89. The molecule has 0 saturated carbocycles. The number of likely N-dealkylation sites (N-methyl/N-ethyl adjacent to an activating group) is 1. The molecule has 0 aliphatic carbocycles. The molecule has 0 spiro atoms. The van der Waals surface area contributed by atoms with Gasteiger partial charge in [-0.2, -0.15) is 0 Å². The Bertz CT molecular complexity index is 288. The van der Waals surface area contributed by atoms with Crippen molar-refractivity contribution in [1.29, 1.82) is 0 Å². The molecule has 0 unspecified atom stereocenters. The second kappa shape index (κ2) is 5.51. The second-order valence-electron chi connectivity index (χ2n) is 4.89. The van der Waals surface area contributed by atoms with E-state index < -0.39 is 0 Å². The third-order valence-corrected chi connectivity index (χ3v) is 3.65. The van der Waals surface area contributed by atoms with Gasteiger partial charge in [0, 0.05) is 30.5 Å². The van der Waals surface area contributed by atoms with E-state index in [1.165, 1.54) is 31.5 Å². The maximum absolute atomic E-state index is 3.60. The third-order valence-electron chi connectivity index (χ3n) is 3.65. The fourth-order valence-electron chi connectivity index (χ4n) is 2.43. The molecule has 1 aromatic heterocycles. The molecule has 0 aromatic carbocycles. The van der Waals surface area contributed by atoms with E-state index in [0.29, 0.717) is 12.1 Å². The van der Waals surface area contributed by atoms with E-state index in [0.717, 1.165) is 6.54 Å². The number of nitrogens with zero attached hydrogens (tertiary/aromatic N) is 1. The SMILES string of the molecule is C[C@@H](c1ccc[nH]1)N(C)C[C@H]1CCCCN1. The van der Waals surface area contributed by atoms with Crippen LogP contribution in [0.4, 0.5) is 0 Å². The summed E-state index contributed by atoms with van der Waals surface area (Å²) in [6.07, 6.45) is 6.04. The van der Waals surface area contributed by atoms with Crippen LogP contribution in [0.3, 0.4) is 0 Å². The predicted molar refractivity (Wildman–Crippen MR) is 67.5 cm³/mol. The summed E-state index contributed by atoms with van der Waals surface area (Å²) in [7, 11) is 2.21. The topological polar surface area (TPSA) is 31.1 Å². The van der Waals surface area contributed by atoms with Gasteiger partial charge in [-0.1, -0.05) is 6.42 Å². The van der Waals surface area contributed by atoms with Gasteiger partial charge in [0.25, 0.3) is 0 Å². The molecule has 1 aliphatic rings. The number of nitrogens with one attached hydrogen (secondary N) is 2. The standard InChI is InChI=1S/C13H23N3/c1-11(13-7-5-9-15-13)16(2)10-12-6-3-4-8-14-12/h5,7,9,11-12,14-15H,3-4,6,8,10H2,1-2H3/t11-,12+/m0/s1. The van der Waals surface area contributed by atoms with Crippen molar-refractivity contribution in [3.05, 3.63) is 24.0 Å². The number of piperidine rings is 1. The van der Waals surface area contributed by atoms with E-state index in [9.17, 15) is 0 Å². The molecule has 3 heteroatoms. The zero-order valence-corrected chi connectivity index (χ0v) is 10.4. The molecule has 1 saturated heterocycles. The van der Waals surface area contributed by atoms with Gasteiger partial charge in [0.15, 0.2) is 0 Å². The van der Waals surface area contributed by atoms with Gasteiger partial charge in [0.05, 0.1) is 0 Å². The summed E-state index contributed by atoms with van der Waals surface area (Å²) in [6.45, 7) is 4.59. The van der Waals surface area contributed by atoms with Gasteiger partial charge in [-0.3, -0.25) is 4.90 Å². The van der Waals surface area contributed by atoms with Crippen LogP contribution in [-0.2, 0) is 0 Å². The Kier molecular flexibility index (Phi) is 4.02. The number of rotatable bonds is 4. The summed E-state index contributed by atoms with van der Waals surface area (Å²) in [5.41, 5.74) is 1.30. The lowest BCUT2D eigenvalue weighted by molar-refractivity contribution is 0.212. The zero-order valence-electron chi connectivity index (χ0n) is 10.4. The van der Waals surface area contributed by atoms with Crippen molar-refractivity contribution in [2.75, 3.05) is 20.1 Å². The summed E-state index contributed by atoms with van der Waals surface area (Å²) >= 11 is 0. The van der Waals surface area contributed by atoms with E-state index in [4.69, 9.17) is 0 Å². The summed E-state index contributed by atoms with van der Waals surface area (Å²) in [5.74, 6) is 0. The van der Waals surface area contributed by atoms with Crippen LogP contribution in [0.5, 0.6) is 0 Å². The Morgan fingerprint density at radius 1 is 1.50 bits per heavy atom. The lowest BCUT2D eigenvalue weighted by Crippen LogP contribution is -2.43. The first-order chi connectivity index (χ1) is 7.77. The molecule has 2 rings (SSSR count). The lowest BCUT2D eigenvalue weighted by Gasteiger charge is -2.31. The molecule has 0 bridgehead atoms. The molecule has 3 nitrogen and oxygen atoms in total. The van der Waals surface area contributed by atoms with Crippen LogP contribution in [0, 0.1) is 0 Å². The van der Waals surface area contributed by atoms with Crippen molar-refractivity contribution in [3.8, 4) is 0 Å². The van der Waals surface area contributed by atoms with Gasteiger partial charge in [0.2, 0.25) is 0 Å². The molecule has 16 heavy (non-hydrogen) atoms. The zero-order chi connectivity index (χ0) is 11.4. The lowest BCUT2D eigenvalue weighted by atomic mass is 10.0. The Morgan fingerprint density at radius 2 is 2.38 bits per heavy atom. The van der Waals surface area contributed by atoms with Gasteiger partial charge in [-0.05, 0) is 45.5 Å². The molecule has 1 fully saturated rings. The number of hydrogen-bond acceptors (Lipinski definition) is 2. The van der Waals surface area contributed by atoms with Gasteiger partial charge in [-0.15, -0.1) is 0 Å². The molecule has 90 valence electrons. The third kappa shape index (κ3) is 2.86. The van der Waals surface area contributed by atoms with Gasteiger partial charge < -0.3 is 10.3 Å². The van der Waals surface area contributed by atoms with Crippen LogP contribution in [-0.4, -0.2) is 36.1 Å². The van der Waals surface area contributed by atoms with E-state index in [-0.39, 0.29) is 0 Å². The van der Waals surface area contributed by atoms with Crippen LogP contribution in [0.15, 0.2) is 18.3 Å². The monoisotopic (exact) mass is 221 g/mol. The summed E-state index contributed by atoms with van der Waals surface area (Å²) < 4.78 is 0. The molecule has 2 N–H and O–H groups in total. The van der Waals surface area contributed by atoms with Crippen molar-refractivity contribution in [2.45, 2.75) is 38.3 Å². The highest BCUT2D eigenvalue weighted by Gasteiger charge is 2.18. The summed E-state index contributed by atoms with van der Waals surface area (Å²) in [6, 6.07) is 5.38. The maximum atomic E-state index is 3.60. The van der Waals surface area contributed by atoms with Crippen molar-refractivity contribution < 1.29 is 0 Å². The highest BCUT2D eigenvalue weighted by Crippen LogP contribution is 2.18. The fourth-order valence-corrected chi connectivity index (χ4v) is 2.43. The number of aromatic amines is 1. The first-order valence-electron chi connectivity index (χ1n) is 6.34. The highest BCUT2D eigenvalue weighted by atomic mass is 15.2. The average Bonchev–Trinajstić information content (AvgIpc) is 2.83. The first kappa shape index (κ1) is 11.7. The smallest absolute Gasteiger partial charge is 0.0467 e. The van der Waals surface area contributed by atoms with Gasteiger partial charge in [0.1, 0.15) is 0 Å². The maximum Gasteiger partial charge on any atom is 0.0467 e. The molecule has 1 aliphatic heterocycles. The normalized spacial score (nSPS) is 23.6. The minimum absolute atomic E-state index is 0.471. The predicted octanol–water partition coefficient (Wildman–Crippen LogP) is 2.15. The number of H-pyrrole nitrogens is 1. The molecular weight excluding hydrogens is 198 g/mol. The fraction of sp³-hybridized carbons (Fsp3) is 0.692. The highest BCUT2D eigenvalue weighted by molar-refractivity contribution is 5.08. The summed E-state index contributed by atoms with van der Waals surface area (Å²) in [5, 5.41) is 3.60. The van der Waals surface area contributed by atoms with Crippen molar-refractivity contribution in [1.82, 2.24) is 15.2 Å². The van der Waals surface area contributed by atoms with Crippen LogP contribution in [0.25, 0.3) is 0 Å². The van der Waals surface area contributed by atoms with E-state index in [2.05, 4.69) is 41.3 Å². The van der Waals surface area contributed by atoms with Crippen LogP contribution < -0.4 is 5.32 Å². The Morgan fingerprint density at radius 3 is 3.00 bits per heavy atom. The van der Waals surface area contributed by atoms with E-state index in [1.54, 1.807) is 0 Å². The van der Waals surface area contributed by atoms with Crippen molar-refractivity contribution >= 4 is 0 Å². The number of aromatic nitrogens is 1. The van der Waals surface area contributed by atoms with E-state index in [1.807, 2.05) is 6.20 Å². The average molecular weight is 221 g/mol. The molecule has 0 radical (unpaired) electrons. The Balaban J connectivity index is 1.84. The van der Waals surface area contributed by atoms with Crippen LogP contribution in [0.2, 0.25) is 0 Å².